The van der Waals surface area contributed by atoms with E-state index in [0.29, 0.717) is 0 Å². The van der Waals surface area contributed by atoms with Gasteiger partial charge in [0, 0.05) is 0 Å². The number of amides is 1. The van der Waals surface area contributed by atoms with Crippen LogP contribution >= 0.6 is 0 Å². The van der Waals surface area contributed by atoms with Crippen LogP contribution in [0.2, 0.25) is 0 Å². The molecule has 0 bridgehead atoms. The first kappa shape index (κ1) is 14.7. The average Bonchev–Trinajstić information content (AvgIpc) is 2.92. The van der Waals surface area contributed by atoms with Crippen molar-refractivity contribution in [1.29, 1.82) is 5.26 Å². The minimum Gasteiger partial charge on any atom is -0.347 e. The fraction of sp³-hybridized carbons (Fsp3) is 0.333. The number of nitrogens with one attached hydrogen (secondary N) is 1. The maximum Gasteiger partial charge on any atom is 0.240 e. The maximum atomic E-state index is 12.2. The van der Waals surface area contributed by atoms with Gasteiger partial charge in [0.1, 0.15) is 18.9 Å². The lowest BCUT2D eigenvalue weighted by Gasteiger charge is -2.23. The molecule has 0 spiro atoms. The molecule has 1 N–H and O–H groups in total. The van der Waals surface area contributed by atoms with E-state index < -0.39 is 0 Å². The van der Waals surface area contributed by atoms with E-state index in [-0.39, 0.29) is 30.2 Å². The number of nitriles is 1. The van der Waals surface area contributed by atoms with Gasteiger partial charge >= 0.3 is 0 Å². The zero-order chi connectivity index (χ0) is 15.2. The number of nitrogens with zero attached hydrogens (tertiary/aromatic N) is 4. The molecule has 0 aliphatic heterocycles. The van der Waals surface area contributed by atoms with Crippen LogP contribution in [0.1, 0.15) is 31.3 Å². The second-order valence-corrected chi connectivity index (χ2v) is 5.09. The molecule has 1 amide bonds. The zero-order valence-corrected chi connectivity index (χ0v) is 12.0. The van der Waals surface area contributed by atoms with Crippen LogP contribution in [0.5, 0.6) is 0 Å². The van der Waals surface area contributed by atoms with Gasteiger partial charge in [-0.15, -0.1) is 10.2 Å². The molecule has 1 aromatic carbocycles. The molecule has 0 saturated heterocycles. The summed E-state index contributed by atoms with van der Waals surface area (Å²) in [4.78, 5) is 12.2. The molecule has 2 aromatic rings. The highest BCUT2D eigenvalue weighted by Gasteiger charge is 2.18. The van der Waals surface area contributed by atoms with Crippen molar-refractivity contribution in [3.8, 4) is 6.07 Å². The third kappa shape index (κ3) is 3.66. The monoisotopic (exact) mass is 283 g/mol. The first-order valence-electron chi connectivity index (χ1n) is 6.74. The van der Waals surface area contributed by atoms with Crippen molar-refractivity contribution in [3.05, 3.63) is 48.0 Å². The minimum atomic E-state index is -0.172. The Labute approximate surface area is 123 Å². The molecule has 1 atom stereocenters. The largest absolute Gasteiger partial charge is 0.347 e. The Morgan fingerprint density at radius 3 is 2.71 bits per heavy atom. The quantitative estimate of drug-likeness (QED) is 0.904. The molecule has 1 aromatic heterocycles. The minimum absolute atomic E-state index is 0.0337. The van der Waals surface area contributed by atoms with E-state index >= 15 is 0 Å². The number of rotatable bonds is 5. The van der Waals surface area contributed by atoms with E-state index in [1.807, 2.05) is 36.4 Å². The van der Waals surface area contributed by atoms with Crippen molar-refractivity contribution in [1.82, 2.24) is 20.1 Å². The Hall–Kier alpha value is -2.68. The molecule has 0 saturated carbocycles. The molecular weight excluding hydrogens is 266 g/mol. The average molecular weight is 283 g/mol. The highest BCUT2D eigenvalue weighted by atomic mass is 16.2. The van der Waals surface area contributed by atoms with Crippen LogP contribution in [0, 0.1) is 17.2 Å². The van der Waals surface area contributed by atoms with Gasteiger partial charge in [-0.3, -0.25) is 9.36 Å². The molecule has 0 aliphatic rings. The highest BCUT2D eigenvalue weighted by molar-refractivity contribution is 5.76. The predicted molar refractivity (Wildman–Crippen MR) is 76.9 cm³/mol. The number of carbonyl (C=O) groups is 1. The Balaban J connectivity index is 2.08. The summed E-state index contributed by atoms with van der Waals surface area (Å²) in [7, 11) is 0. The molecule has 108 valence electrons. The summed E-state index contributed by atoms with van der Waals surface area (Å²) in [5, 5.41) is 19.1. The molecule has 1 heterocycles. The van der Waals surface area contributed by atoms with Gasteiger partial charge in [0.15, 0.2) is 0 Å². The zero-order valence-electron chi connectivity index (χ0n) is 12.0. The molecule has 1 unspecified atom stereocenters. The molecule has 6 heteroatoms. The second kappa shape index (κ2) is 6.66. The van der Waals surface area contributed by atoms with Crippen LogP contribution in [0.25, 0.3) is 0 Å². The molecule has 0 aliphatic carbocycles. The SMILES string of the molecule is CC(C)C(NC(=O)Cn1cnnc1C#N)c1ccccc1. The third-order valence-corrected chi connectivity index (χ3v) is 3.17. The van der Waals surface area contributed by atoms with E-state index in [0.717, 1.165) is 5.56 Å². The van der Waals surface area contributed by atoms with E-state index in [4.69, 9.17) is 5.26 Å². The Morgan fingerprint density at radius 1 is 1.38 bits per heavy atom. The first-order chi connectivity index (χ1) is 10.1. The highest BCUT2D eigenvalue weighted by Crippen LogP contribution is 2.21. The number of carbonyl (C=O) groups excluding carboxylic acids is 1. The number of hydrogen-bond donors (Lipinski definition) is 1. The van der Waals surface area contributed by atoms with Gasteiger partial charge in [-0.2, -0.15) is 5.26 Å². The van der Waals surface area contributed by atoms with Gasteiger partial charge in [0.05, 0.1) is 6.04 Å². The van der Waals surface area contributed by atoms with Gasteiger partial charge in [0.2, 0.25) is 11.7 Å². The number of hydrogen-bond acceptors (Lipinski definition) is 4. The lowest BCUT2D eigenvalue weighted by atomic mass is 9.96. The number of benzene rings is 1. The summed E-state index contributed by atoms with van der Waals surface area (Å²) < 4.78 is 1.43. The molecule has 0 fully saturated rings. The van der Waals surface area contributed by atoms with Crippen LogP contribution in [0.15, 0.2) is 36.7 Å². The van der Waals surface area contributed by atoms with Crippen molar-refractivity contribution in [3.63, 3.8) is 0 Å². The third-order valence-electron chi connectivity index (χ3n) is 3.17. The van der Waals surface area contributed by atoms with Crippen LogP contribution in [0.3, 0.4) is 0 Å². The second-order valence-electron chi connectivity index (χ2n) is 5.09. The van der Waals surface area contributed by atoms with Crippen molar-refractivity contribution in [2.24, 2.45) is 5.92 Å². The molecular formula is C15H17N5O. The van der Waals surface area contributed by atoms with Crippen LogP contribution in [0.4, 0.5) is 0 Å². The van der Waals surface area contributed by atoms with Gasteiger partial charge in [-0.1, -0.05) is 44.2 Å². The van der Waals surface area contributed by atoms with E-state index in [1.54, 1.807) is 0 Å². The van der Waals surface area contributed by atoms with E-state index in [9.17, 15) is 4.79 Å². The van der Waals surface area contributed by atoms with E-state index in [2.05, 4.69) is 29.4 Å². The van der Waals surface area contributed by atoms with Gasteiger partial charge < -0.3 is 5.32 Å². The fourth-order valence-corrected chi connectivity index (χ4v) is 2.13. The van der Waals surface area contributed by atoms with Crippen LogP contribution < -0.4 is 5.32 Å². The molecule has 6 nitrogen and oxygen atoms in total. The lowest BCUT2D eigenvalue weighted by molar-refractivity contribution is -0.122. The summed E-state index contributed by atoms with van der Waals surface area (Å²) in [5.41, 5.74) is 1.06. The van der Waals surface area contributed by atoms with Crippen LogP contribution in [-0.4, -0.2) is 20.7 Å². The van der Waals surface area contributed by atoms with Gasteiger partial charge in [0.25, 0.3) is 0 Å². The summed E-state index contributed by atoms with van der Waals surface area (Å²) in [5.74, 6) is 0.215. The topological polar surface area (TPSA) is 83.6 Å². The summed E-state index contributed by atoms with van der Waals surface area (Å²) in [6.07, 6.45) is 1.38. The Bertz CT molecular complexity index is 642. The van der Waals surface area contributed by atoms with Gasteiger partial charge in [-0.25, -0.2) is 0 Å². The standard InChI is InChI=1S/C15H17N5O/c1-11(2)15(12-6-4-3-5-7-12)18-14(21)9-20-10-17-19-13(20)8-16/h3-7,10-11,15H,9H2,1-2H3,(H,18,21). The summed E-state index contributed by atoms with van der Waals surface area (Å²) >= 11 is 0. The van der Waals surface area contributed by atoms with Crippen molar-refractivity contribution in [2.45, 2.75) is 26.4 Å². The smallest absolute Gasteiger partial charge is 0.240 e. The Kier molecular flexibility index (Phi) is 4.67. The maximum absolute atomic E-state index is 12.2. The van der Waals surface area contributed by atoms with Crippen molar-refractivity contribution >= 4 is 5.91 Å². The number of aromatic nitrogens is 3. The molecule has 2 rings (SSSR count). The van der Waals surface area contributed by atoms with Gasteiger partial charge in [-0.05, 0) is 11.5 Å². The summed E-state index contributed by atoms with van der Waals surface area (Å²) in [6, 6.07) is 11.7. The van der Waals surface area contributed by atoms with E-state index in [1.165, 1.54) is 10.9 Å². The van der Waals surface area contributed by atoms with Crippen molar-refractivity contribution < 1.29 is 4.79 Å². The molecule has 21 heavy (non-hydrogen) atoms. The lowest BCUT2D eigenvalue weighted by Crippen LogP contribution is -2.34. The predicted octanol–water partition coefficient (Wildman–Crippen LogP) is 1.66. The fourth-order valence-electron chi connectivity index (χ4n) is 2.13. The molecule has 0 radical (unpaired) electrons. The van der Waals surface area contributed by atoms with Crippen LogP contribution in [-0.2, 0) is 11.3 Å². The first-order valence-corrected chi connectivity index (χ1v) is 6.74. The normalized spacial score (nSPS) is 11.9. The summed E-state index contributed by atoms with van der Waals surface area (Å²) in [6.45, 7) is 4.14. The van der Waals surface area contributed by atoms with Crippen molar-refractivity contribution in [2.75, 3.05) is 0 Å². The Morgan fingerprint density at radius 2 is 2.10 bits per heavy atom.